The first kappa shape index (κ1) is 18.4. The first-order chi connectivity index (χ1) is 11.7. The summed E-state index contributed by atoms with van der Waals surface area (Å²) in [4.78, 5) is 11.6. The molecule has 1 unspecified atom stereocenters. The number of unbranched alkanes of at least 4 members (excludes halogenated alkanes) is 3. The van der Waals surface area contributed by atoms with Crippen LogP contribution in [0.5, 0.6) is 11.5 Å². The van der Waals surface area contributed by atoms with Crippen LogP contribution in [0.1, 0.15) is 43.4 Å². The molecule has 0 amide bonds. The number of rotatable bonds is 10. The fourth-order valence-corrected chi connectivity index (χ4v) is 3.49. The summed E-state index contributed by atoms with van der Waals surface area (Å²) < 4.78 is 5.80. The van der Waals surface area contributed by atoms with Gasteiger partial charge >= 0.3 is 5.97 Å². The van der Waals surface area contributed by atoms with Gasteiger partial charge in [0.1, 0.15) is 16.7 Å². The van der Waals surface area contributed by atoms with Gasteiger partial charge < -0.3 is 9.84 Å². The molecule has 2 rings (SSSR count). The molecule has 0 spiro atoms. The zero-order valence-corrected chi connectivity index (χ0v) is 14.8. The van der Waals surface area contributed by atoms with Crippen molar-refractivity contribution in [3.63, 3.8) is 0 Å². The summed E-state index contributed by atoms with van der Waals surface area (Å²) in [6.07, 6.45) is 4.61. The van der Waals surface area contributed by atoms with Gasteiger partial charge in [0.25, 0.3) is 0 Å². The van der Waals surface area contributed by atoms with E-state index in [1.54, 1.807) is 0 Å². The third kappa shape index (κ3) is 5.93. The number of carboxylic acid groups (broad SMARTS) is 1. The number of aliphatic carboxylic acids is 1. The molecule has 1 N–H and O–H groups in total. The predicted molar refractivity (Wildman–Crippen MR) is 99.9 cm³/mol. The monoisotopic (exact) mass is 344 g/mol. The van der Waals surface area contributed by atoms with Gasteiger partial charge in [-0.2, -0.15) is 0 Å². The molecule has 24 heavy (non-hydrogen) atoms. The van der Waals surface area contributed by atoms with Gasteiger partial charge in [0.15, 0.2) is 0 Å². The predicted octanol–water partition coefficient (Wildman–Crippen LogP) is 5.92. The highest BCUT2D eigenvalue weighted by atomic mass is 32.2. The number of hydrogen-bond acceptors (Lipinski definition) is 3. The van der Waals surface area contributed by atoms with Crippen LogP contribution in [0, 0.1) is 0 Å². The van der Waals surface area contributed by atoms with Crippen molar-refractivity contribution in [1.82, 2.24) is 0 Å². The van der Waals surface area contributed by atoms with Crippen LogP contribution >= 0.6 is 11.8 Å². The van der Waals surface area contributed by atoms with Gasteiger partial charge in [-0.05, 0) is 42.0 Å². The lowest BCUT2D eigenvalue weighted by Crippen LogP contribution is -2.08. The van der Waals surface area contributed by atoms with Crippen LogP contribution in [0.2, 0.25) is 0 Å². The van der Waals surface area contributed by atoms with Gasteiger partial charge in [-0.15, -0.1) is 11.8 Å². The third-order valence-electron chi connectivity index (χ3n) is 3.65. The largest absolute Gasteiger partial charge is 0.480 e. The molecule has 0 bridgehead atoms. The van der Waals surface area contributed by atoms with Crippen LogP contribution in [-0.4, -0.2) is 16.8 Å². The van der Waals surface area contributed by atoms with E-state index in [9.17, 15) is 9.90 Å². The summed E-state index contributed by atoms with van der Waals surface area (Å²) in [7, 11) is 0. The molecule has 0 fully saturated rings. The summed E-state index contributed by atoms with van der Waals surface area (Å²) in [5.74, 6) is 1.47. The zero-order chi connectivity index (χ0) is 17.2. The van der Waals surface area contributed by atoms with Crippen LogP contribution in [0.4, 0.5) is 0 Å². The molecule has 0 heterocycles. The second-order valence-electron chi connectivity index (χ2n) is 5.64. The molecule has 1 atom stereocenters. The van der Waals surface area contributed by atoms with E-state index in [2.05, 4.69) is 6.92 Å². The van der Waals surface area contributed by atoms with Gasteiger partial charge in [0.2, 0.25) is 0 Å². The fraction of sp³-hybridized carbons (Fsp3) is 0.350. The minimum absolute atomic E-state index is 0.550. The van der Waals surface area contributed by atoms with Gasteiger partial charge in [-0.3, -0.25) is 4.79 Å². The first-order valence-corrected chi connectivity index (χ1v) is 9.43. The fourth-order valence-electron chi connectivity index (χ4n) is 2.41. The number of carbonyl (C=O) groups is 1. The normalized spacial score (nSPS) is 11.9. The molecule has 0 radical (unpaired) electrons. The maximum absolute atomic E-state index is 11.6. The number of thioether (sulfide) groups is 1. The molecular weight excluding hydrogens is 320 g/mol. The van der Waals surface area contributed by atoms with E-state index in [4.69, 9.17) is 4.74 Å². The first-order valence-electron chi connectivity index (χ1n) is 8.38. The number of hydrogen-bond donors (Lipinski definition) is 1. The van der Waals surface area contributed by atoms with E-state index in [-0.39, 0.29) is 0 Å². The van der Waals surface area contributed by atoms with Crippen molar-refractivity contribution in [3.05, 3.63) is 60.2 Å². The molecule has 128 valence electrons. The van der Waals surface area contributed by atoms with Gasteiger partial charge in [0, 0.05) is 0 Å². The van der Waals surface area contributed by atoms with E-state index < -0.39 is 11.2 Å². The lowest BCUT2D eigenvalue weighted by atomic mass is 10.1. The van der Waals surface area contributed by atoms with E-state index in [0.717, 1.165) is 29.9 Å². The highest BCUT2D eigenvalue weighted by Gasteiger charge is 2.20. The minimum Gasteiger partial charge on any atom is -0.480 e. The average Bonchev–Trinajstić information content (AvgIpc) is 2.59. The number of para-hydroxylation sites is 1. The zero-order valence-electron chi connectivity index (χ0n) is 14.0. The summed E-state index contributed by atoms with van der Waals surface area (Å²) in [6, 6.07) is 16.9. The van der Waals surface area contributed by atoms with Crippen LogP contribution in [0.25, 0.3) is 0 Å². The van der Waals surface area contributed by atoms with Crippen molar-refractivity contribution in [1.29, 1.82) is 0 Å². The molecule has 0 aromatic heterocycles. The van der Waals surface area contributed by atoms with E-state index in [0.29, 0.717) is 5.75 Å². The smallest absolute Gasteiger partial charge is 0.321 e. The second-order valence-corrected chi connectivity index (χ2v) is 6.85. The summed E-state index contributed by atoms with van der Waals surface area (Å²) >= 11 is 1.49. The second kappa shape index (κ2) is 10.0. The summed E-state index contributed by atoms with van der Waals surface area (Å²) in [5, 5.41) is 9.00. The van der Waals surface area contributed by atoms with Gasteiger partial charge in [-0.1, -0.05) is 56.5 Å². The summed E-state index contributed by atoms with van der Waals surface area (Å²) in [5.41, 5.74) is 0.774. The lowest BCUT2D eigenvalue weighted by Gasteiger charge is -2.14. The van der Waals surface area contributed by atoms with Crippen LogP contribution in [-0.2, 0) is 4.79 Å². The van der Waals surface area contributed by atoms with Gasteiger partial charge in [-0.25, -0.2) is 0 Å². The highest BCUT2D eigenvalue weighted by Crippen LogP contribution is 2.33. The Morgan fingerprint density at radius 1 is 1.04 bits per heavy atom. The molecule has 2 aromatic carbocycles. The van der Waals surface area contributed by atoms with Crippen molar-refractivity contribution in [2.24, 2.45) is 0 Å². The Balaban J connectivity index is 2.01. The molecule has 4 heteroatoms. The molecular formula is C20H24O3S. The standard InChI is InChI=1S/C20H24O3S/c1-2-3-4-8-14-24-19(20(21)22)16-10-9-13-18(15-16)23-17-11-6-5-7-12-17/h5-7,9-13,15,19H,2-4,8,14H2,1H3,(H,21,22). The molecule has 3 nitrogen and oxygen atoms in total. The average molecular weight is 344 g/mol. The molecule has 2 aromatic rings. The Bertz CT molecular complexity index is 628. The van der Waals surface area contributed by atoms with Crippen LogP contribution < -0.4 is 4.74 Å². The van der Waals surface area contributed by atoms with E-state index in [1.165, 1.54) is 24.6 Å². The Labute approximate surface area is 148 Å². The Kier molecular flexibility index (Phi) is 7.69. The van der Waals surface area contributed by atoms with Gasteiger partial charge in [0.05, 0.1) is 0 Å². The van der Waals surface area contributed by atoms with Crippen LogP contribution in [0.15, 0.2) is 54.6 Å². The van der Waals surface area contributed by atoms with Crippen molar-refractivity contribution in [2.75, 3.05) is 5.75 Å². The maximum atomic E-state index is 11.6. The van der Waals surface area contributed by atoms with Crippen LogP contribution in [0.3, 0.4) is 0 Å². The number of carboxylic acids is 1. The molecule has 0 saturated carbocycles. The minimum atomic E-state index is -0.799. The topological polar surface area (TPSA) is 46.5 Å². The third-order valence-corrected chi connectivity index (χ3v) is 4.98. The Morgan fingerprint density at radius 2 is 1.79 bits per heavy atom. The lowest BCUT2D eigenvalue weighted by molar-refractivity contribution is -0.136. The highest BCUT2D eigenvalue weighted by molar-refractivity contribution is 8.00. The molecule has 0 aliphatic rings. The van der Waals surface area contributed by atoms with Crippen molar-refractivity contribution in [3.8, 4) is 11.5 Å². The molecule has 0 aliphatic heterocycles. The SMILES string of the molecule is CCCCCCSC(C(=O)O)c1cccc(Oc2ccccc2)c1. The molecule has 0 aliphatic carbocycles. The number of ether oxygens (including phenoxy) is 1. The van der Waals surface area contributed by atoms with Crippen molar-refractivity contribution >= 4 is 17.7 Å². The summed E-state index contributed by atoms with van der Waals surface area (Å²) in [6.45, 7) is 2.17. The maximum Gasteiger partial charge on any atom is 0.321 e. The Hall–Kier alpha value is -1.94. The Morgan fingerprint density at radius 3 is 2.50 bits per heavy atom. The van der Waals surface area contributed by atoms with E-state index in [1.807, 2.05) is 54.6 Å². The van der Waals surface area contributed by atoms with Crippen molar-refractivity contribution < 1.29 is 14.6 Å². The number of benzene rings is 2. The quantitative estimate of drug-likeness (QED) is 0.544. The molecule has 0 saturated heterocycles. The van der Waals surface area contributed by atoms with Crippen molar-refractivity contribution in [2.45, 2.75) is 37.9 Å². The van der Waals surface area contributed by atoms with E-state index >= 15 is 0 Å².